The van der Waals surface area contributed by atoms with Gasteiger partial charge in [0.05, 0.1) is 5.71 Å². The molecule has 0 aromatic carbocycles. The Kier molecular flexibility index (Phi) is 3.12. The van der Waals surface area contributed by atoms with Crippen LogP contribution < -0.4 is 0 Å². The first-order valence-electron chi connectivity index (χ1n) is 5.61. The number of hydrogen-bond acceptors (Lipinski definition) is 4. The van der Waals surface area contributed by atoms with Crippen molar-refractivity contribution in [2.45, 2.75) is 13.3 Å². The average molecular weight is 236 g/mol. The van der Waals surface area contributed by atoms with Gasteiger partial charge in [-0.3, -0.25) is 9.48 Å². The number of rotatable bonds is 1. The van der Waals surface area contributed by atoms with Crippen LogP contribution in [0.1, 0.15) is 23.8 Å². The fourth-order valence-corrected chi connectivity index (χ4v) is 2.10. The predicted octanol–water partition coefficient (Wildman–Crippen LogP) is 0.732. The minimum atomic E-state index is -0.0196. The number of carbonyl (C=O) groups excluding carboxylic acids is 1. The van der Waals surface area contributed by atoms with Crippen LogP contribution in [0.25, 0.3) is 0 Å². The molecule has 1 fully saturated rings. The van der Waals surface area contributed by atoms with Crippen molar-refractivity contribution >= 4 is 11.6 Å². The molecule has 0 radical (unpaired) electrons. The van der Waals surface area contributed by atoms with Crippen LogP contribution in [0.15, 0.2) is 17.4 Å². The Labute approximate surface area is 99.5 Å². The molecule has 0 bridgehead atoms. The van der Waals surface area contributed by atoms with Crippen LogP contribution in [0.2, 0.25) is 0 Å². The highest BCUT2D eigenvalue weighted by molar-refractivity contribution is 5.95. The molecule has 6 nitrogen and oxygen atoms in total. The van der Waals surface area contributed by atoms with E-state index in [9.17, 15) is 4.79 Å². The van der Waals surface area contributed by atoms with E-state index in [1.807, 2.05) is 6.92 Å². The lowest BCUT2D eigenvalue weighted by Gasteiger charge is -2.31. The molecule has 92 valence electrons. The Bertz CT molecular complexity index is 452. The van der Waals surface area contributed by atoms with E-state index in [-0.39, 0.29) is 11.8 Å². The van der Waals surface area contributed by atoms with Gasteiger partial charge in [0.25, 0.3) is 5.91 Å². The van der Waals surface area contributed by atoms with E-state index < -0.39 is 0 Å². The van der Waals surface area contributed by atoms with Crippen LogP contribution in [0.4, 0.5) is 0 Å². The molecule has 1 amide bonds. The molecule has 0 spiro atoms. The minimum Gasteiger partial charge on any atom is -0.411 e. The molecule has 2 rings (SSSR count). The second-order valence-electron chi connectivity index (χ2n) is 4.33. The third-order valence-corrected chi connectivity index (χ3v) is 3.16. The Morgan fingerprint density at radius 3 is 2.94 bits per heavy atom. The van der Waals surface area contributed by atoms with E-state index in [4.69, 9.17) is 5.21 Å². The van der Waals surface area contributed by atoms with Crippen molar-refractivity contribution < 1.29 is 10.0 Å². The second kappa shape index (κ2) is 4.57. The van der Waals surface area contributed by atoms with E-state index in [2.05, 4.69) is 10.3 Å². The van der Waals surface area contributed by atoms with Crippen molar-refractivity contribution in [1.82, 2.24) is 14.7 Å². The monoisotopic (exact) mass is 236 g/mol. The van der Waals surface area contributed by atoms with Gasteiger partial charge in [-0.05, 0) is 6.07 Å². The molecule has 1 N–H and O–H groups in total. The van der Waals surface area contributed by atoms with Crippen molar-refractivity contribution in [2.75, 3.05) is 13.1 Å². The van der Waals surface area contributed by atoms with Gasteiger partial charge in [0.15, 0.2) is 0 Å². The van der Waals surface area contributed by atoms with Gasteiger partial charge >= 0.3 is 0 Å². The first-order chi connectivity index (χ1) is 8.13. The Balaban J connectivity index is 2.11. The van der Waals surface area contributed by atoms with Gasteiger partial charge in [0.1, 0.15) is 5.69 Å². The maximum absolute atomic E-state index is 12.2. The van der Waals surface area contributed by atoms with Crippen molar-refractivity contribution in [3.8, 4) is 0 Å². The van der Waals surface area contributed by atoms with Crippen LogP contribution >= 0.6 is 0 Å². The summed E-state index contributed by atoms with van der Waals surface area (Å²) in [4.78, 5) is 14.0. The van der Waals surface area contributed by atoms with Gasteiger partial charge in [0.2, 0.25) is 0 Å². The lowest BCUT2D eigenvalue weighted by molar-refractivity contribution is 0.0723. The van der Waals surface area contributed by atoms with Crippen LogP contribution in [0, 0.1) is 5.92 Å². The molecular weight excluding hydrogens is 220 g/mol. The lowest BCUT2D eigenvalue weighted by Crippen LogP contribution is -2.43. The fraction of sp³-hybridized carbons (Fsp3) is 0.545. The number of likely N-dealkylation sites (tertiary alicyclic amines) is 1. The summed E-state index contributed by atoms with van der Waals surface area (Å²) < 4.78 is 1.57. The first-order valence-corrected chi connectivity index (χ1v) is 5.61. The lowest BCUT2D eigenvalue weighted by atomic mass is 9.97. The first kappa shape index (κ1) is 11.6. The summed E-state index contributed by atoms with van der Waals surface area (Å²) in [6, 6.07) is 1.71. The molecule has 6 heteroatoms. The summed E-state index contributed by atoms with van der Waals surface area (Å²) in [6.45, 7) is 3.13. The summed E-state index contributed by atoms with van der Waals surface area (Å²) in [5, 5.41) is 16.0. The van der Waals surface area contributed by atoms with Gasteiger partial charge in [-0.15, -0.1) is 0 Å². The quantitative estimate of drug-likeness (QED) is 0.577. The maximum atomic E-state index is 12.2. The maximum Gasteiger partial charge on any atom is 0.272 e. The van der Waals surface area contributed by atoms with Crippen molar-refractivity contribution in [3.05, 3.63) is 18.0 Å². The largest absolute Gasteiger partial charge is 0.411 e. The summed E-state index contributed by atoms with van der Waals surface area (Å²) in [5.41, 5.74) is 1.35. The van der Waals surface area contributed by atoms with E-state index in [0.29, 0.717) is 25.2 Å². The number of hydrogen-bond donors (Lipinski definition) is 1. The third-order valence-electron chi connectivity index (χ3n) is 3.16. The van der Waals surface area contributed by atoms with Crippen molar-refractivity contribution in [1.29, 1.82) is 0 Å². The average Bonchev–Trinajstić information content (AvgIpc) is 2.74. The molecule has 1 aliphatic rings. The smallest absolute Gasteiger partial charge is 0.272 e. The summed E-state index contributed by atoms with van der Waals surface area (Å²) >= 11 is 0. The molecular formula is C11H16N4O2. The third kappa shape index (κ3) is 2.15. The molecule has 2 heterocycles. The van der Waals surface area contributed by atoms with Crippen LogP contribution in [0.5, 0.6) is 0 Å². The summed E-state index contributed by atoms with van der Waals surface area (Å²) in [6.07, 6.45) is 2.24. The fourth-order valence-electron chi connectivity index (χ4n) is 2.10. The SMILES string of the molecule is CC1CN(C(=O)c2ccnn2C)CCC1=NO. The molecule has 1 aromatic rings. The zero-order chi connectivity index (χ0) is 12.4. The normalized spacial score (nSPS) is 23.1. The number of aromatic nitrogens is 2. The Morgan fingerprint density at radius 1 is 1.65 bits per heavy atom. The zero-order valence-corrected chi connectivity index (χ0v) is 10.00. The van der Waals surface area contributed by atoms with Gasteiger partial charge < -0.3 is 10.1 Å². The van der Waals surface area contributed by atoms with Crippen LogP contribution in [-0.2, 0) is 7.05 Å². The van der Waals surface area contributed by atoms with Crippen molar-refractivity contribution in [3.63, 3.8) is 0 Å². The highest BCUT2D eigenvalue weighted by atomic mass is 16.4. The molecule has 0 saturated carbocycles. The molecule has 1 unspecified atom stereocenters. The van der Waals surface area contributed by atoms with Gasteiger partial charge in [0, 0.05) is 38.7 Å². The molecule has 1 aromatic heterocycles. The molecule has 1 atom stereocenters. The van der Waals surface area contributed by atoms with E-state index in [0.717, 1.165) is 5.71 Å². The Hall–Kier alpha value is -1.85. The number of oxime groups is 1. The topological polar surface area (TPSA) is 70.7 Å². The summed E-state index contributed by atoms with van der Waals surface area (Å²) in [7, 11) is 1.75. The molecule has 0 aliphatic carbocycles. The van der Waals surface area contributed by atoms with Gasteiger partial charge in [-0.2, -0.15) is 5.10 Å². The number of carbonyl (C=O) groups is 1. The second-order valence-corrected chi connectivity index (χ2v) is 4.33. The van der Waals surface area contributed by atoms with Crippen LogP contribution in [-0.4, -0.2) is 44.6 Å². The number of amides is 1. The van der Waals surface area contributed by atoms with E-state index in [1.54, 1.807) is 28.9 Å². The number of aryl methyl sites for hydroxylation is 1. The van der Waals surface area contributed by atoms with Crippen molar-refractivity contribution in [2.24, 2.45) is 18.1 Å². The Morgan fingerprint density at radius 2 is 2.41 bits per heavy atom. The molecule has 1 saturated heterocycles. The zero-order valence-electron chi connectivity index (χ0n) is 10.00. The number of piperidine rings is 1. The summed E-state index contributed by atoms with van der Waals surface area (Å²) in [5.74, 6) is 0.0831. The minimum absolute atomic E-state index is 0.0196. The standard InChI is InChI=1S/C11H16N4O2/c1-8-7-15(6-4-9(8)13-17)11(16)10-3-5-12-14(10)2/h3,5,8,17H,4,6-7H2,1-2H3. The molecule has 17 heavy (non-hydrogen) atoms. The highest BCUT2D eigenvalue weighted by Crippen LogP contribution is 2.16. The van der Waals surface area contributed by atoms with E-state index >= 15 is 0 Å². The van der Waals surface area contributed by atoms with Gasteiger partial charge in [-0.25, -0.2) is 0 Å². The van der Waals surface area contributed by atoms with Crippen LogP contribution in [0.3, 0.4) is 0 Å². The predicted molar refractivity (Wildman–Crippen MR) is 62.1 cm³/mol. The van der Waals surface area contributed by atoms with Gasteiger partial charge in [-0.1, -0.05) is 12.1 Å². The highest BCUT2D eigenvalue weighted by Gasteiger charge is 2.27. The number of nitrogens with zero attached hydrogens (tertiary/aromatic N) is 4. The molecule has 1 aliphatic heterocycles. The van der Waals surface area contributed by atoms with E-state index in [1.165, 1.54) is 0 Å².